The molecule has 0 spiro atoms. The van der Waals surface area contributed by atoms with Gasteiger partial charge in [0.2, 0.25) is 5.91 Å². The monoisotopic (exact) mass is 260 g/mol. The van der Waals surface area contributed by atoms with Crippen molar-refractivity contribution in [3.63, 3.8) is 0 Å². The minimum absolute atomic E-state index is 0.172. The van der Waals surface area contributed by atoms with Gasteiger partial charge in [-0.2, -0.15) is 0 Å². The average Bonchev–Trinajstić information content (AvgIpc) is 3.14. The number of hydrogen-bond donors (Lipinski definition) is 1. The standard InChI is InChI=1S/C16H24N2O/c1-11-7-12(2)15(13(3)8-11)10-18(4)16(19)9-17-14-5-6-14/h7-8,14,17H,5-6,9-10H2,1-4H3. The number of carbonyl (C=O) groups is 1. The van der Waals surface area contributed by atoms with Crippen molar-refractivity contribution in [1.29, 1.82) is 0 Å². The van der Waals surface area contributed by atoms with Crippen molar-refractivity contribution in [3.8, 4) is 0 Å². The average molecular weight is 260 g/mol. The number of likely N-dealkylation sites (N-methyl/N-ethyl adjacent to an activating group) is 1. The van der Waals surface area contributed by atoms with E-state index in [1.165, 1.54) is 35.1 Å². The van der Waals surface area contributed by atoms with Crippen molar-refractivity contribution in [2.45, 2.75) is 46.2 Å². The molecule has 0 aromatic heterocycles. The summed E-state index contributed by atoms with van der Waals surface area (Å²) in [6.07, 6.45) is 2.43. The lowest BCUT2D eigenvalue weighted by Crippen LogP contribution is -2.36. The molecule has 0 heterocycles. The Morgan fingerprint density at radius 1 is 1.26 bits per heavy atom. The molecule has 1 amide bonds. The summed E-state index contributed by atoms with van der Waals surface area (Å²) < 4.78 is 0. The van der Waals surface area contributed by atoms with Crippen LogP contribution in [-0.4, -0.2) is 30.4 Å². The lowest BCUT2D eigenvalue weighted by molar-refractivity contribution is -0.129. The van der Waals surface area contributed by atoms with E-state index in [0.717, 1.165) is 0 Å². The number of nitrogens with zero attached hydrogens (tertiary/aromatic N) is 1. The van der Waals surface area contributed by atoms with Crippen molar-refractivity contribution in [3.05, 3.63) is 34.4 Å². The summed E-state index contributed by atoms with van der Waals surface area (Å²) >= 11 is 0. The van der Waals surface area contributed by atoms with E-state index in [-0.39, 0.29) is 5.91 Å². The number of hydrogen-bond acceptors (Lipinski definition) is 2. The second-order valence-electron chi connectivity index (χ2n) is 5.78. The highest BCUT2D eigenvalue weighted by atomic mass is 16.2. The van der Waals surface area contributed by atoms with E-state index in [1.807, 2.05) is 11.9 Å². The normalized spacial score (nSPS) is 14.5. The van der Waals surface area contributed by atoms with Gasteiger partial charge in [0.15, 0.2) is 0 Å². The van der Waals surface area contributed by atoms with Gasteiger partial charge in [-0.25, -0.2) is 0 Å². The summed E-state index contributed by atoms with van der Waals surface area (Å²) in [5.41, 5.74) is 5.09. The molecule has 0 unspecified atom stereocenters. The third-order valence-corrected chi connectivity index (χ3v) is 3.78. The summed E-state index contributed by atoms with van der Waals surface area (Å²) in [4.78, 5) is 13.9. The van der Waals surface area contributed by atoms with Crippen LogP contribution in [0, 0.1) is 20.8 Å². The van der Waals surface area contributed by atoms with Crippen molar-refractivity contribution in [2.24, 2.45) is 0 Å². The van der Waals surface area contributed by atoms with Crippen molar-refractivity contribution >= 4 is 5.91 Å². The predicted molar refractivity (Wildman–Crippen MR) is 78.2 cm³/mol. The van der Waals surface area contributed by atoms with Crippen LogP contribution in [-0.2, 0) is 11.3 Å². The van der Waals surface area contributed by atoms with E-state index < -0.39 is 0 Å². The minimum Gasteiger partial charge on any atom is -0.340 e. The summed E-state index contributed by atoms with van der Waals surface area (Å²) in [5, 5.41) is 3.27. The Hall–Kier alpha value is -1.35. The summed E-state index contributed by atoms with van der Waals surface area (Å²) in [6, 6.07) is 4.95. The van der Waals surface area contributed by atoms with Crippen LogP contribution in [0.5, 0.6) is 0 Å². The number of aryl methyl sites for hydroxylation is 3. The van der Waals surface area contributed by atoms with Gasteiger partial charge in [-0.05, 0) is 50.3 Å². The maximum absolute atomic E-state index is 12.0. The smallest absolute Gasteiger partial charge is 0.236 e. The Kier molecular flexibility index (Phi) is 4.25. The first kappa shape index (κ1) is 14.1. The van der Waals surface area contributed by atoms with Crippen molar-refractivity contribution < 1.29 is 4.79 Å². The zero-order chi connectivity index (χ0) is 14.0. The molecule has 1 saturated carbocycles. The molecule has 2 rings (SSSR count). The minimum atomic E-state index is 0.172. The molecule has 0 saturated heterocycles. The molecule has 3 heteroatoms. The van der Waals surface area contributed by atoms with Crippen LogP contribution in [0.1, 0.15) is 35.1 Å². The zero-order valence-corrected chi connectivity index (χ0v) is 12.4. The van der Waals surface area contributed by atoms with E-state index >= 15 is 0 Å². The summed E-state index contributed by atoms with van der Waals surface area (Å²) in [6.45, 7) is 7.51. The van der Waals surface area contributed by atoms with Gasteiger partial charge in [-0.15, -0.1) is 0 Å². The van der Waals surface area contributed by atoms with Gasteiger partial charge in [-0.3, -0.25) is 4.79 Å². The van der Waals surface area contributed by atoms with E-state index in [2.05, 4.69) is 38.2 Å². The Morgan fingerprint density at radius 2 is 1.84 bits per heavy atom. The zero-order valence-electron chi connectivity index (χ0n) is 12.4. The lowest BCUT2D eigenvalue weighted by Gasteiger charge is -2.20. The van der Waals surface area contributed by atoms with Crippen LogP contribution in [0.3, 0.4) is 0 Å². The molecule has 1 fully saturated rings. The second kappa shape index (κ2) is 5.74. The number of amides is 1. The number of nitrogens with one attached hydrogen (secondary N) is 1. The van der Waals surface area contributed by atoms with Gasteiger partial charge >= 0.3 is 0 Å². The molecular formula is C16H24N2O. The van der Waals surface area contributed by atoms with E-state index in [9.17, 15) is 4.79 Å². The van der Waals surface area contributed by atoms with Crippen LogP contribution < -0.4 is 5.32 Å². The first-order valence-corrected chi connectivity index (χ1v) is 7.01. The number of benzene rings is 1. The molecular weight excluding hydrogens is 236 g/mol. The van der Waals surface area contributed by atoms with Gasteiger partial charge in [0.05, 0.1) is 6.54 Å². The molecule has 1 aromatic rings. The van der Waals surface area contributed by atoms with E-state index in [1.54, 1.807) is 0 Å². The Balaban J connectivity index is 1.97. The fourth-order valence-corrected chi connectivity index (χ4v) is 2.44. The molecule has 1 N–H and O–H groups in total. The quantitative estimate of drug-likeness (QED) is 0.881. The molecule has 0 radical (unpaired) electrons. The second-order valence-corrected chi connectivity index (χ2v) is 5.78. The van der Waals surface area contributed by atoms with Crippen LogP contribution in [0.4, 0.5) is 0 Å². The topological polar surface area (TPSA) is 32.3 Å². The van der Waals surface area contributed by atoms with Gasteiger partial charge in [0.25, 0.3) is 0 Å². The largest absolute Gasteiger partial charge is 0.340 e. The van der Waals surface area contributed by atoms with Gasteiger partial charge < -0.3 is 10.2 Å². The Morgan fingerprint density at radius 3 is 2.37 bits per heavy atom. The maximum Gasteiger partial charge on any atom is 0.236 e. The SMILES string of the molecule is Cc1cc(C)c(CN(C)C(=O)CNC2CC2)c(C)c1. The molecule has 104 valence electrons. The van der Waals surface area contributed by atoms with Gasteiger partial charge in [0.1, 0.15) is 0 Å². The fraction of sp³-hybridized carbons (Fsp3) is 0.562. The van der Waals surface area contributed by atoms with E-state index in [4.69, 9.17) is 0 Å². The van der Waals surface area contributed by atoms with Crippen molar-refractivity contribution in [2.75, 3.05) is 13.6 Å². The molecule has 1 aliphatic rings. The Bertz CT molecular complexity index is 455. The first-order valence-electron chi connectivity index (χ1n) is 7.01. The van der Waals surface area contributed by atoms with Crippen LogP contribution >= 0.6 is 0 Å². The van der Waals surface area contributed by atoms with Gasteiger partial charge in [-0.1, -0.05) is 17.7 Å². The van der Waals surface area contributed by atoms with Gasteiger partial charge in [0, 0.05) is 19.6 Å². The molecule has 1 aromatic carbocycles. The summed E-state index contributed by atoms with van der Waals surface area (Å²) in [5.74, 6) is 0.172. The van der Waals surface area contributed by atoms with Crippen LogP contribution in [0.15, 0.2) is 12.1 Å². The number of rotatable bonds is 5. The summed E-state index contributed by atoms with van der Waals surface area (Å²) in [7, 11) is 1.88. The van der Waals surface area contributed by atoms with Crippen LogP contribution in [0.2, 0.25) is 0 Å². The predicted octanol–water partition coefficient (Wildman–Crippen LogP) is 2.32. The molecule has 0 bridgehead atoms. The highest BCUT2D eigenvalue weighted by molar-refractivity contribution is 5.78. The van der Waals surface area contributed by atoms with E-state index in [0.29, 0.717) is 19.1 Å². The highest BCUT2D eigenvalue weighted by Crippen LogP contribution is 2.19. The number of carbonyl (C=O) groups excluding carboxylic acids is 1. The first-order chi connectivity index (χ1) is 8.97. The highest BCUT2D eigenvalue weighted by Gasteiger charge is 2.22. The van der Waals surface area contributed by atoms with Crippen LogP contribution in [0.25, 0.3) is 0 Å². The molecule has 3 nitrogen and oxygen atoms in total. The maximum atomic E-state index is 12.0. The fourth-order valence-electron chi connectivity index (χ4n) is 2.44. The lowest BCUT2D eigenvalue weighted by atomic mass is 9.99. The Labute approximate surface area is 116 Å². The van der Waals surface area contributed by atoms with Crippen molar-refractivity contribution in [1.82, 2.24) is 10.2 Å². The molecule has 0 atom stereocenters. The molecule has 1 aliphatic carbocycles. The third-order valence-electron chi connectivity index (χ3n) is 3.78. The third kappa shape index (κ3) is 3.80. The molecule has 0 aliphatic heterocycles. The molecule has 19 heavy (non-hydrogen) atoms.